The number of nitrogens with zero attached hydrogens (tertiary/aromatic N) is 2. The van der Waals surface area contributed by atoms with Gasteiger partial charge in [0.15, 0.2) is 0 Å². The first-order valence-corrected chi connectivity index (χ1v) is 49.5. The van der Waals surface area contributed by atoms with Gasteiger partial charge in [-0.25, -0.2) is 4.79 Å². The third-order valence-electron chi connectivity index (χ3n) is 18.6. The molecule has 0 radical (unpaired) electrons. The molecule has 0 bridgehead atoms. The number of ketones is 3. The number of halogens is 18. The normalized spacial score (nSPS) is 11.6. The van der Waals surface area contributed by atoms with E-state index in [0.29, 0.717) is 85.4 Å². The number of nitrogens with one attached hydrogen (secondary N) is 5. The van der Waals surface area contributed by atoms with E-state index in [1.165, 1.54) is 24.7 Å². The number of carbonyl (C=O) groups is 10. The number of alkyl halides is 13. The minimum Gasteiger partial charge on any atom is -1.00 e. The summed E-state index contributed by atoms with van der Waals surface area (Å²) in [7, 11) is -1.00. The fraction of sp³-hybridized carbons (Fsp3) is 0.404. The average molecular weight is 2500 g/mol. The van der Waals surface area contributed by atoms with E-state index in [2.05, 4.69) is 134 Å². The summed E-state index contributed by atoms with van der Waals surface area (Å²) in [4.78, 5) is 113. The van der Waals surface area contributed by atoms with Gasteiger partial charge in [0.25, 0.3) is 30.1 Å². The van der Waals surface area contributed by atoms with Crippen LogP contribution >= 0.6 is 79.6 Å². The van der Waals surface area contributed by atoms with Crippen molar-refractivity contribution in [3.05, 3.63) is 244 Å². The number of amides is 4. The van der Waals surface area contributed by atoms with Gasteiger partial charge in [-0.05, 0) is 205 Å². The van der Waals surface area contributed by atoms with Crippen LogP contribution in [0.2, 0.25) is 0 Å². The summed E-state index contributed by atoms with van der Waals surface area (Å²) >= 11 is 16.6. The van der Waals surface area contributed by atoms with E-state index in [0.717, 1.165) is 114 Å². The quantitative estimate of drug-likeness (QED) is 0.00171. The van der Waals surface area contributed by atoms with Crippen LogP contribution in [0, 0.1) is 24.2 Å². The van der Waals surface area contributed by atoms with Crippen LogP contribution in [-0.2, 0) is 43.1 Å². The first-order valence-electron chi connectivity index (χ1n) is 46.3. The molecule has 3 heterocycles. The summed E-state index contributed by atoms with van der Waals surface area (Å²) < 4.78 is 170. The molecule has 0 aromatic heterocycles. The third kappa shape index (κ3) is 69.1. The Morgan fingerprint density at radius 2 is 0.793 bits per heavy atom. The number of aliphatic hydroxyl groups is 3. The molecule has 26 nitrogen and oxygen atoms in total. The first kappa shape index (κ1) is 148. The van der Waals surface area contributed by atoms with Gasteiger partial charge in [0.05, 0.1) is 43.9 Å². The molecule has 4 amide bonds. The maximum atomic E-state index is 12.2. The molecule has 0 spiro atoms. The Hall–Kier alpha value is -7.90. The molecule has 0 saturated carbocycles. The fourth-order valence-electron chi connectivity index (χ4n) is 12.0. The molecule has 820 valence electrons. The molecule has 8 aromatic rings. The SMILES string of the molecule is C.C#CC(O)(CCC)CCC.C1CCOC1.CCCC(O)(C#Cc1cccc(NCCCC(=O)C(F)(F)F)c1)CCC.CCO.CCOC(=O)C(F)(F)F.NCCNc1cccc(Br)c1.Nc1cccc(Br)c1.O=C(CCCNc1cccc(Br)c1)C(F)(F)F.O=C(CCCNc1cccc(Br)c1)C(F)(F)F.O=C1c2ccccc2C(=O)N1CCNc1cccc(Br)c1.O=CCN1C(=O)c2ccccc2C1=O.O=CO[O-].[2H]CF.[H-].[K+].[K+]. The van der Waals surface area contributed by atoms with Gasteiger partial charge in [-0.3, -0.25) is 52.5 Å². The zero-order valence-corrected chi connectivity index (χ0v) is 97.8. The molecule has 150 heavy (non-hydrogen) atoms. The number of rotatable bonds is 34. The topological polar surface area (TPSA) is 401 Å². The number of imide groups is 2. The molecule has 0 unspecified atom stereocenters. The van der Waals surface area contributed by atoms with Crippen LogP contribution in [0.4, 0.5) is 91.2 Å². The standard InChI is InChI=1S/C20H26F3NO2.C16H13BrN2O2.2C11H11BrF3NO.C10H7NO3.C9H16O.C8H11BrN2.C6H6BrN.C4H5F3O2.C4H8O.C2H6O.CH3F.CH2O3.CH4.2K.H/c1-3-11-19(26,12-4-2)13-10-16-7-5-8-17(15-16)24-14-6-9-18(25)20(21,22)23;17-11-4-3-5-12(10-11)18-8-9-19-15(20)13-6-1-2-7-14(13)16(19)21;2*12-8-3-1-4-9(7-8)16-6-2-5-10(17)11(13,14)15;12-6-5-11-9(13)7-3-1-2-4-8(7)10(11)14;1-4-7-9(10,6-3)8-5-2;9-7-2-1-3-8(6-7)11-5-4-10;7-5-2-1-3-6(8)4-5;1-2-9-3(8)4(5,6)7;1-2-4-5-3-1;1-2-3;1-2;2-1-4-3;;;;/h5,7-8,15,24,26H,3-4,6,9,11-12,14H2,1-2H3;1-7,10,18H,8-9H2;2*1,3-4,7,16H,2,5-6H2;1-4,6H,5H2;3,10H,4-5,7-8H2,1-2H3;1-3,6,11H,4-5,10H2;1-4H,8H2;2H2,1H3;1-4H2;3H,2H2,1H3;1H3;1,3H;1H4;;;/q;;;;;;;;;;;;;;2*+1;-1/p-1/i;;;;;;;;;;;1D;;;;;. The Morgan fingerprint density at radius 1 is 0.493 bits per heavy atom. The number of terminal acetylenes is 1. The van der Waals surface area contributed by atoms with Crippen LogP contribution in [0.1, 0.15) is 201 Å². The number of ether oxygens (including phenoxy) is 2. The number of carbonyl (C=O) groups excluding carboxylic acids is 10. The second kappa shape index (κ2) is 86.3. The number of hydrogen-bond acceptors (Lipinski definition) is 24. The van der Waals surface area contributed by atoms with Crippen LogP contribution in [0.3, 0.4) is 0 Å². The molecule has 1 saturated heterocycles. The fourth-order valence-corrected chi connectivity index (χ4v) is 14.0. The van der Waals surface area contributed by atoms with Crippen molar-refractivity contribution in [2.75, 3.05) is 118 Å². The molecular formula is C104H129Br5F13K2N9O17. The van der Waals surface area contributed by atoms with Gasteiger partial charge >= 0.3 is 133 Å². The van der Waals surface area contributed by atoms with Crippen LogP contribution in [-0.4, -0.2) is 207 Å². The molecule has 8 aromatic carbocycles. The van der Waals surface area contributed by atoms with E-state index in [1.807, 2.05) is 143 Å². The number of aldehydes is 1. The van der Waals surface area contributed by atoms with Crippen molar-refractivity contribution in [2.45, 2.75) is 188 Å². The molecule has 46 heteroatoms. The van der Waals surface area contributed by atoms with Crippen molar-refractivity contribution in [1.29, 1.82) is 0 Å². The Labute approximate surface area is 998 Å². The zero-order valence-electron chi connectivity index (χ0n) is 85.6. The Balaban J connectivity index is -0.000000393. The molecule has 11 rings (SSSR count). The molecule has 1 fully saturated rings. The smallest absolute Gasteiger partial charge is 1.00 e. The second-order valence-electron chi connectivity index (χ2n) is 30.4. The molecule has 0 atom stereocenters. The molecular weight excluding hydrogens is 2370 g/mol. The van der Waals surface area contributed by atoms with Crippen molar-refractivity contribution < 1.29 is 246 Å². The number of fused-ring (bicyclic) bond motifs is 2. The van der Waals surface area contributed by atoms with E-state index in [1.54, 1.807) is 85.8 Å². The second-order valence-corrected chi connectivity index (χ2v) is 35.0. The van der Waals surface area contributed by atoms with Crippen molar-refractivity contribution >= 4 is 173 Å². The number of nitrogen functional groups attached to an aromatic ring is 1. The predicted octanol–water partition coefficient (Wildman–Crippen LogP) is 17.4. The average Bonchev–Trinajstić information content (AvgIpc) is 1.64. The van der Waals surface area contributed by atoms with Gasteiger partial charge in [-0.15, -0.1) is 6.42 Å². The van der Waals surface area contributed by atoms with Crippen LogP contribution in [0.25, 0.3) is 0 Å². The third-order valence-corrected chi connectivity index (χ3v) is 21.0. The molecule has 12 N–H and O–H groups in total. The summed E-state index contributed by atoms with van der Waals surface area (Å²) in [5, 5.41) is 51.4. The van der Waals surface area contributed by atoms with Gasteiger partial charge in [0, 0.05) is 147 Å². The van der Waals surface area contributed by atoms with E-state index < -0.39 is 97.5 Å². The monoisotopic (exact) mass is 2500 g/mol. The summed E-state index contributed by atoms with van der Waals surface area (Å²) in [5.74, 6) is -0.0322. The number of nitrogens with two attached hydrogens (primary N) is 2. The summed E-state index contributed by atoms with van der Waals surface area (Å²) in [6.45, 7) is 15.9. The van der Waals surface area contributed by atoms with Gasteiger partial charge in [0.2, 0.25) is 17.3 Å². The molecule has 3 aliphatic heterocycles. The van der Waals surface area contributed by atoms with Crippen LogP contribution in [0.15, 0.2) is 216 Å². The van der Waals surface area contributed by atoms with Crippen LogP contribution in [0.5, 0.6) is 0 Å². The van der Waals surface area contributed by atoms with E-state index in [9.17, 15) is 110 Å². The maximum Gasteiger partial charge on any atom is 1.00 e. The molecule has 0 aliphatic carbocycles. The Kier molecular flexibility index (Phi) is 85.4. The first-order chi connectivity index (χ1) is 69.9. The number of aliphatic hydroxyl groups excluding tert-OH is 1. The van der Waals surface area contributed by atoms with Crippen molar-refractivity contribution in [2.24, 2.45) is 5.73 Å². The predicted molar refractivity (Wildman–Crippen MR) is 566 cm³/mol. The summed E-state index contributed by atoms with van der Waals surface area (Å²) in [5.41, 5.74) is 16.5. The summed E-state index contributed by atoms with van der Waals surface area (Å²) in [6, 6.07) is 58.5. The van der Waals surface area contributed by atoms with E-state index >= 15 is 0 Å². The van der Waals surface area contributed by atoms with Gasteiger partial charge in [0.1, 0.15) is 17.5 Å². The maximum absolute atomic E-state index is 12.2. The van der Waals surface area contributed by atoms with Gasteiger partial charge in [-0.2, -0.15) is 52.7 Å². The van der Waals surface area contributed by atoms with E-state index in [-0.39, 0.29) is 175 Å². The van der Waals surface area contributed by atoms with Crippen molar-refractivity contribution in [3.8, 4) is 24.2 Å². The van der Waals surface area contributed by atoms with E-state index in [4.69, 9.17) is 39.2 Å². The minimum atomic E-state index is -4.85. The number of Topliss-reactive ketones (excluding diaryl/α,β-unsaturated/α-hetero) is 3. The number of anilines is 6. The van der Waals surface area contributed by atoms with Crippen molar-refractivity contribution in [1.82, 2.24) is 9.80 Å². The van der Waals surface area contributed by atoms with Gasteiger partial charge < -0.3 is 79.2 Å². The number of benzene rings is 8. The number of hydrogen-bond donors (Lipinski definition) is 10. The van der Waals surface area contributed by atoms with Crippen molar-refractivity contribution in [3.63, 3.8) is 0 Å². The van der Waals surface area contributed by atoms with Crippen LogP contribution < -0.4 is 146 Å². The summed E-state index contributed by atoms with van der Waals surface area (Å²) in [6.07, 6.45) is -5.62. The Morgan fingerprint density at radius 3 is 1.05 bits per heavy atom. The largest absolute Gasteiger partial charge is 1.00 e. The number of esters is 1. The zero-order chi connectivity index (χ0) is 112. The van der Waals surface area contributed by atoms with Gasteiger partial charge in [-0.1, -0.05) is 219 Å². The molecule has 3 aliphatic rings. The minimum absolute atomic E-state index is 0. The Bertz CT molecular complexity index is 5190.